The van der Waals surface area contributed by atoms with Crippen LogP contribution < -0.4 is 11.1 Å². The minimum absolute atomic E-state index is 0.183. The van der Waals surface area contributed by atoms with Gasteiger partial charge in [-0.15, -0.1) is 0 Å². The lowest BCUT2D eigenvalue weighted by molar-refractivity contribution is -0.138. The Morgan fingerprint density at radius 2 is 2.23 bits per heavy atom. The van der Waals surface area contributed by atoms with E-state index in [1.165, 1.54) is 6.20 Å². The molecule has 1 rings (SSSR count). The molecule has 0 saturated heterocycles. The first-order chi connectivity index (χ1) is 5.89. The number of nitrogens with zero attached hydrogens (tertiary/aromatic N) is 1. The summed E-state index contributed by atoms with van der Waals surface area (Å²) in [5.41, 5.74) is 5.30. The lowest BCUT2D eigenvalue weighted by Crippen LogP contribution is -2.32. The Bertz CT molecular complexity index is 283. The van der Waals surface area contributed by atoms with E-state index in [4.69, 9.17) is 5.73 Å². The van der Waals surface area contributed by atoms with Crippen LogP contribution in [0, 0.1) is 0 Å². The normalized spacial score (nSPS) is 14.2. The smallest absolute Gasteiger partial charge is 0.389 e. The molecule has 1 heterocycles. The van der Waals surface area contributed by atoms with Crippen molar-refractivity contribution in [3.63, 3.8) is 0 Å². The van der Waals surface area contributed by atoms with E-state index in [2.05, 4.69) is 10.3 Å². The van der Waals surface area contributed by atoms with Crippen LogP contribution in [0.5, 0.6) is 0 Å². The Hall–Kier alpha value is -0.980. The number of nitrogens with one attached hydrogen (secondary N) is 1. The third kappa shape index (κ3) is 2.76. The lowest BCUT2D eigenvalue weighted by atomic mass is 10.3. The van der Waals surface area contributed by atoms with E-state index in [1.807, 2.05) is 0 Å². The van der Waals surface area contributed by atoms with Crippen LogP contribution in [0.25, 0.3) is 0 Å². The van der Waals surface area contributed by atoms with Crippen LogP contribution in [0.3, 0.4) is 0 Å². The summed E-state index contributed by atoms with van der Waals surface area (Å²) in [7, 11) is 0. The molecule has 1 unspecified atom stereocenters. The first-order valence-corrected chi connectivity index (χ1v) is 4.26. The highest BCUT2D eigenvalue weighted by molar-refractivity contribution is 7.19. The van der Waals surface area contributed by atoms with Gasteiger partial charge in [-0.1, -0.05) is 11.3 Å². The molecule has 1 atom stereocenters. The lowest BCUT2D eigenvalue weighted by Gasteiger charge is -2.15. The Labute approximate surface area is 76.8 Å². The Morgan fingerprint density at radius 3 is 2.62 bits per heavy atom. The van der Waals surface area contributed by atoms with Crippen molar-refractivity contribution in [1.29, 1.82) is 0 Å². The molecule has 0 aliphatic heterocycles. The maximum atomic E-state index is 12.0. The number of hydrogen-bond acceptors (Lipinski definition) is 4. The van der Waals surface area contributed by atoms with Gasteiger partial charge in [0.05, 0.1) is 6.20 Å². The number of nitrogens with two attached hydrogens (primary N) is 1. The number of thiazole rings is 1. The number of anilines is 2. The van der Waals surface area contributed by atoms with Crippen molar-refractivity contribution >= 4 is 21.5 Å². The van der Waals surface area contributed by atoms with Crippen LogP contribution in [-0.4, -0.2) is 17.2 Å². The zero-order valence-corrected chi connectivity index (χ0v) is 7.54. The molecule has 0 radical (unpaired) electrons. The summed E-state index contributed by atoms with van der Waals surface area (Å²) in [4.78, 5) is 3.65. The Kier molecular flexibility index (Phi) is 2.65. The third-order valence-electron chi connectivity index (χ3n) is 1.35. The van der Waals surface area contributed by atoms with Gasteiger partial charge in [0, 0.05) is 0 Å². The van der Waals surface area contributed by atoms with Gasteiger partial charge in [-0.2, -0.15) is 13.2 Å². The van der Waals surface area contributed by atoms with Crippen LogP contribution in [0.2, 0.25) is 0 Å². The number of rotatable bonds is 2. The van der Waals surface area contributed by atoms with Gasteiger partial charge in [-0.05, 0) is 6.92 Å². The summed E-state index contributed by atoms with van der Waals surface area (Å²) < 4.78 is 36.1. The van der Waals surface area contributed by atoms with Crippen molar-refractivity contribution in [1.82, 2.24) is 4.98 Å². The standard InChI is InChI=1S/C6H8F3N3S/c1-3(6(7,8)9)12-5-11-2-4(10)13-5/h2-3H,10H2,1H3,(H,11,12). The van der Waals surface area contributed by atoms with Crippen LogP contribution in [0.4, 0.5) is 23.3 Å². The Morgan fingerprint density at radius 1 is 1.62 bits per heavy atom. The molecule has 1 aromatic heterocycles. The fourth-order valence-electron chi connectivity index (χ4n) is 0.620. The van der Waals surface area contributed by atoms with Crippen LogP contribution in [0.1, 0.15) is 6.92 Å². The SMILES string of the molecule is CC(Nc1ncc(N)s1)C(F)(F)F. The van der Waals surface area contributed by atoms with Gasteiger partial charge in [0.1, 0.15) is 11.0 Å². The van der Waals surface area contributed by atoms with Crippen molar-refractivity contribution in [3.05, 3.63) is 6.20 Å². The fraction of sp³-hybridized carbons (Fsp3) is 0.500. The molecule has 1 aromatic rings. The van der Waals surface area contributed by atoms with Gasteiger partial charge in [0.25, 0.3) is 0 Å². The second kappa shape index (κ2) is 3.41. The highest BCUT2D eigenvalue weighted by Crippen LogP contribution is 2.26. The van der Waals surface area contributed by atoms with Crippen molar-refractivity contribution in [2.75, 3.05) is 11.1 Å². The van der Waals surface area contributed by atoms with E-state index in [-0.39, 0.29) is 5.13 Å². The van der Waals surface area contributed by atoms with Crippen LogP contribution >= 0.6 is 11.3 Å². The van der Waals surface area contributed by atoms with Crippen molar-refractivity contribution in [2.24, 2.45) is 0 Å². The summed E-state index contributed by atoms with van der Waals surface area (Å²) in [6, 6.07) is -1.61. The van der Waals surface area contributed by atoms with E-state index in [1.54, 1.807) is 0 Å². The van der Waals surface area contributed by atoms with Gasteiger partial charge in [0.2, 0.25) is 0 Å². The van der Waals surface area contributed by atoms with Crippen molar-refractivity contribution < 1.29 is 13.2 Å². The van der Waals surface area contributed by atoms with E-state index in [9.17, 15) is 13.2 Å². The average Bonchev–Trinajstić information content (AvgIpc) is 2.33. The van der Waals surface area contributed by atoms with Crippen molar-refractivity contribution in [2.45, 2.75) is 19.1 Å². The van der Waals surface area contributed by atoms with Gasteiger partial charge in [-0.25, -0.2) is 4.98 Å². The molecule has 3 nitrogen and oxygen atoms in total. The molecule has 13 heavy (non-hydrogen) atoms. The third-order valence-corrected chi connectivity index (χ3v) is 2.11. The summed E-state index contributed by atoms with van der Waals surface area (Å²) in [5.74, 6) is 0. The molecule has 0 fully saturated rings. The minimum Gasteiger partial charge on any atom is -0.389 e. The zero-order valence-electron chi connectivity index (χ0n) is 6.72. The summed E-state index contributed by atoms with van der Waals surface area (Å²) in [5, 5.41) is 2.77. The highest BCUT2D eigenvalue weighted by Gasteiger charge is 2.36. The first-order valence-electron chi connectivity index (χ1n) is 3.44. The molecule has 74 valence electrons. The monoisotopic (exact) mass is 211 g/mol. The van der Waals surface area contributed by atoms with E-state index >= 15 is 0 Å². The summed E-state index contributed by atoms with van der Waals surface area (Å²) in [6.45, 7) is 1.03. The molecule has 3 N–H and O–H groups in total. The maximum absolute atomic E-state index is 12.0. The molecule has 0 spiro atoms. The molecule has 0 aliphatic rings. The van der Waals surface area contributed by atoms with Crippen LogP contribution in [0.15, 0.2) is 6.20 Å². The van der Waals surface area contributed by atoms with E-state index in [0.29, 0.717) is 5.00 Å². The largest absolute Gasteiger partial charge is 0.408 e. The van der Waals surface area contributed by atoms with E-state index < -0.39 is 12.2 Å². The first kappa shape index (κ1) is 10.1. The van der Waals surface area contributed by atoms with Crippen LogP contribution in [-0.2, 0) is 0 Å². The molecule has 7 heteroatoms. The molecule has 0 aliphatic carbocycles. The van der Waals surface area contributed by atoms with Gasteiger partial charge in [0.15, 0.2) is 5.13 Å². The second-order valence-electron chi connectivity index (χ2n) is 2.48. The fourth-order valence-corrected chi connectivity index (χ4v) is 1.29. The number of alkyl halides is 3. The quantitative estimate of drug-likeness (QED) is 0.787. The van der Waals surface area contributed by atoms with E-state index in [0.717, 1.165) is 18.3 Å². The molecular formula is C6H8F3N3S. The maximum Gasteiger partial charge on any atom is 0.408 e. The topological polar surface area (TPSA) is 50.9 Å². The second-order valence-corrected chi connectivity index (χ2v) is 3.54. The molecule has 0 saturated carbocycles. The molecular weight excluding hydrogens is 203 g/mol. The predicted octanol–water partition coefficient (Wildman–Crippen LogP) is 2.09. The summed E-state index contributed by atoms with van der Waals surface area (Å²) in [6.07, 6.45) is -2.95. The summed E-state index contributed by atoms with van der Waals surface area (Å²) >= 11 is 0.988. The van der Waals surface area contributed by atoms with Gasteiger partial charge >= 0.3 is 6.18 Å². The number of hydrogen-bond donors (Lipinski definition) is 2. The average molecular weight is 211 g/mol. The zero-order chi connectivity index (χ0) is 10.1. The molecule has 0 aromatic carbocycles. The molecule has 0 bridgehead atoms. The Balaban J connectivity index is 2.60. The predicted molar refractivity (Wildman–Crippen MR) is 45.7 cm³/mol. The van der Waals surface area contributed by atoms with Gasteiger partial charge < -0.3 is 11.1 Å². The number of aromatic nitrogens is 1. The molecule has 0 amide bonds. The highest BCUT2D eigenvalue weighted by atomic mass is 32.1. The van der Waals surface area contributed by atoms with Crippen molar-refractivity contribution in [3.8, 4) is 0 Å². The van der Waals surface area contributed by atoms with Gasteiger partial charge in [-0.3, -0.25) is 0 Å². The number of nitrogen functional groups attached to an aromatic ring is 1. The number of halogens is 3. The minimum atomic E-state index is -4.26.